The SMILES string of the molecule is C#CC(C)(C)OP=O. The van der Waals surface area contributed by atoms with E-state index >= 15 is 0 Å². The number of hydrogen-bond donors (Lipinski definition) is 0. The van der Waals surface area contributed by atoms with Crippen molar-refractivity contribution >= 4 is 8.69 Å². The monoisotopic (exact) mass is 130 g/mol. The summed E-state index contributed by atoms with van der Waals surface area (Å²) in [6.45, 7) is 3.33. The largest absolute Gasteiger partial charge is 0.328 e. The maximum Gasteiger partial charge on any atom is 0.328 e. The van der Waals surface area contributed by atoms with Crippen LogP contribution in [0.15, 0.2) is 0 Å². The van der Waals surface area contributed by atoms with Gasteiger partial charge in [-0.1, -0.05) is 5.92 Å². The molecule has 0 unspecified atom stereocenters. The van der Waals surface area contributed by atoms with Gasteiger partial charge in [0, 0.05) is 0 Å². The van der Waals surface area contributed by atoms with Crippen LogP contribution in [-0.2, 0) is 9.09 Å². The summed E-state index contributed by atoms with van der Waals surface area (Å²) in [5.41, 5.74) is -0.705. The lowest BCUT2D eigenvalue weighted by molar-refractivity contribution is 0.194. The Kier molecular flexibility index (Phi) is 2.68. The molecule has 2 nitrogen and oxygen atoms in total. The normalized spacial score (nSPS) is 11.1. The van der Waals surface area contributed by atoms with E-state index < -0.39 is 5.60 Å². The lowest BCUT2D eigenvalue weighted by Crippen LogP contribution is -2.15. The topological polar surface area (TPSA) is 26.3 Å². The van der Waals surface area contributed by atoms with E-state index in [4.69, 9.17) is 6.42 Å². The third kappa shape index (κ3) is 2.74. The van der Waals surface area contributed by atoms with E-state index in [1.165, 1.54) is 0 Å². The fourth-order valence-corrected chi connectivity index (χ4v) is 0.359. The van der Waals surface area contributed by atoms with Crippen LogP contribution in [0.25, 0.3) is 0 Å². The molecule has 0 aromatic heterocycles. The van der Waals surface area contributed by atoms with Crippen molar-refractivity contribution in [2.75, 3.05) is 0 Å². The van der Waals surface area contributed by atoms with Gasteiger partial charge in [-0.05, 0) is 13.8 Å². The summed E-state index contributed by atoms with van der Waals surface area (Å²) in [5, 5.41) is 0. The van der Waals surface area contributed by atoms with Gasteiger partial charge in [0.15, 0.2) is 0 Å². The molecule has 44 valence electrons. The Morgan fingerprint density at radius 2 is 2.25 bits per heavy atom. The maximum atomic E-state index is 9.76. The molecule has 0 amide bonds. The first-order valence-corrected chi connectivity index (χ1v) is 2.84. The van der Waals surface area contributed by atoms with Crippen molar-refractivity contribution in [3.8, 4) is 12.3 Å². The summed E-state index contributed by atoms with van der Waals surface area (Å²) in [4.78, 5) is 0. The third-order valence-electron chi connectivity index (χ3n) is 0.613. The molecule has 0 radical (unpaired) electrons. The minimum Gasteiger partial charge on any atom is -0.275 e. The quantitative estimate of drug-likeness (QED) is 0.419. The zero-order valence-corrected chi connectivity index (χ0v) is 5.74. The molecule has 0 aliphatic heterocycles. The van der Waals surface area contributed by atoms with Gasteiger partial charge >= 0.3 is 8.69 Å². The molecular formula is C5H7O2P. The van der Waals surface area contributed by atoms with E-state index in [2.05, 4.69) is 10.4 Å². The summed E-state index contributed by atoms with van der Waals surface area (Å²) < 4.78 is 14.3. The van der Waals surface area contributed by atoms with Gasteiger partial charge in [-0.3, -0.25) is 4.52 Å². The summed E-state index contributed by atoms with van der Waals surface area (Å²) >= 11 is 0. The zero-order valence-electron chi connectivity index (χ0n) is 4.84. The smallest absolute Gasteiger partial charge is 0.275 e. The fraction of sp³-hybridized carbons (Fsp3) is 0.600. The first-order valence-electron chi connectivity index (χ1n) is 2.11. The lowest BCUT2D eigenvalue weighted by atomic mass is 10.2. The summed E-state index contributed by atoms with van der Waals surface area (Å²) in [5.74, 6) is 2.31. The van der Waals surface area contributed by atoms with Crippen molar-refractivity contribution in [1.82, 2.24) is 0 Å². The van der Waals surface area contributed by atoms with Gasteiger partial charge in [-0.25, -0.2) is 4.57 Å². The van der Waals surface area contributed by atoms with Crippen LogP contribution in [0.1, 0.15) is 13.8 Å². The molecule has 0 heterocycles. The fourth-order valence-electron chi connectivity index (χ4n) is 0.120. The standard InChI is InChI=1S/C5H7O2P/c1-4-5(2,3)7-8-6/h1H,2-3H3. The van der Waals surface area contributed by atoms with Crippen molar-refractivity contribution in [2.45, 2.75) is 19.4 Å². The van der Waals surface area contributed by atoms with Gasteiger partial charge in [0.05, 0.1) is 0 Å². The Morgan fingerprint density at radius 1 is 1.75 bits per heavy atom. The number of terminal acetylenes is 1. The predicted octanol–water partition coefficient (Wildman–Crippen LogP) is 1.62. The van der Waals surface area contributed by atoms with Gasteiger partial charge in [-0.2, -0.15) is 0 Å². The van der Waals surface area contributed by atoms with Gasteiger partial charge in [0.2, 0.25) is 0 Å². The Bertz CT molecular complexity index is 123. The zero-order chi connectivity index (χ0) is 6.62. The van der Waals surface area contributed by atoms with Crippen molar-refractivity contribution in [3.05, 3.63) is 0 Å². The molecule has 3 heteroatoms. The van der Waals surface area contributed by atoms with Gasteiger partial charge in [0.1, 0.15) is 5.60 Å². The Balaban J connectivity index is 3.76. The van der Waals surface area contributed by atoms with Crippen LogP contribution in [0.5, 0.6) is 0 Å². The minimum atomic E-state index is -0.705. The van der Waals surface area contributed by atoms with Crippen molar-refractivity contribution in [1.29, 1.82) is 0 Å². The molecule has 0 aliphatic rings. The molecule has 0 rings (SSSR count). The molecule has 0 saturated heterocycles. The molecular weight excluding hydrogens is 123 g/mol. The second kappa shape index (κ2) is 2.81. The van der Waals surface area contributed by atoms with Crippen LogP contribution < -0.4 is 0 Å². The average Bonchev–Trinajstić information content (AvgIpc) is 1.67. The van der Waals surface area contributed by atoms with E-state index in [0.717, 1.165) is 0 Å². The average molecular weight is 130 g/mol. The number of rotatable bonds is 2. The lowest BCUT2D eigenvalue weighted by Gasteiger charge is -2.10. The molecule has 8 heavy (non-hydrogen) atoms. The number of hydrogen-bond acceptors (Lipinski definition) is 2. The Morgan fingerprint density at radius 3 is 2.38 bits per heavy atom. The van der Waals surface area contributed by atoms with Crippen LogP contribution in [0, 0.1) is 12.3 Å². The molecule has 0 aliphatic carbocycles. The highest BCUT2D eigenvalue weighted by atomic mass is 31.1. The van der Waals surface area contributed by atoms with E-state index in [9.17, 15) is 4.57 Å². The molecule has 0 saturated carbocycles. The van der Waals surface area contributed by atoms with Crippen LogP contribution >= 0.6 is 8.69 Å². The van der Waals surface area contributed by atoms with E-state index in [-0.39, 0.29) is 8.69 Å². The van der Waals surface area contributed by atoms with Crippen LogP contribution in [-0.4, -0.2) is 5.60 Å². The molecule has 0 aromatic carbocycles. The van der Waals surface area contributed by atoms with Gasteiger partial charge in [-0.15, -0.1) is 6.42 Å². The highest BCUT2D eigenvalue weighted by molar-refractivity contribution is 7.17. The molecule has 0 bridgehead atoms. The van der Waals surface area contributed by atoms with E-state index in [1.807, 2.05) is 0 Å². The maximum absolute atomic E-state index is 9.76. The highest BCUT2D eigenvalue weighted by Crippen LogP contribution is 2.13. The minimum absolute atomic E-state index is 0.368. The second-order valence-electron chi connectivity index (χ2n) is 1.82. The first-order chi connectivity index (χ1) is 3.62. The first kappa shape index (κ1) is 7.62. The Hall–Kier alpha value is -0.380. The van der Waals surface area contributed by atoms with Crippen LogP contribution in [0.3, 0.4) is 0 Å². The van der Waals surface area contributed by atoms with E-state index in [0.29, 0.717) is 0 Å². The third-order valence-corrected chi connectivity index (χ3v) is 1.14. The summed E-state index contributed by atoms with van der Waals surface area (Å²) in [7, 11) is -0.368. The van der Waals surface area contributed by atoms with Crippen molar-refractivity contribution in [3.63, 3.8) is 0 Å². The highest BCUT2D eigenvalue weighted by Gasteiger charge is 2.13. The van der Waals surface area contributed by atoms with Crippen molar-refractivity contribution in [2.24, 2.45) is 0 Å². The molecule has 0 aromatic rings. The van der Waals surface area contributed by atoms with Crippen molar-refractivity contribution < 1.29 is 9.09 Å². The molecule has 0 atom stereocenters. The predicted molar refractivity (Wildman–Crippen MR) is 31.6 cm³/mol. The van der Waals surface area contributed by atoms with Crippen LogP contribution in [0.4, 0.5) is 0 Å². The summed E-state index contributed by atoms with van der Waals surface area (Å²) in [6, 6.07) is 0. The Labute approximate surface area is 50.5 Å². The summed E-state index contributed by atoms with van der Waals surface area (Å²) in [6.07, 6.45) is 4.97. The second-order valence-corrected chi connectivity index (χ2v) is 2.15. The molecule has 0 fully saturated rings. The van der Waals surface area contributed by atoms with Crippen LogP contribution in [0.2, 0.25) is 0 Å². The molecule has 0 spiro atoms. The van der Waals surface area contributed by atoms with Gasteiger partial charge in [0.25, 0.3) is 0 Å². The van der Waals surface area contributed by atoms with Gasteiger partial charge < -0.3 is 0 Å². The molecule has 0 N–H and O–H groups in total. The van der Waals surface area contributed by atoms with E-state index in [1.54, 1.807) is 13.8 Å².